The summed E-state index contributed by atoms with van der Waals surface area (Å²) in [4.78, 5) is 3.99. The number of aliphatic hydroxyl groups excluding tert-OH is 1. The van der Waals surface area contributed by atoms with Crippen LogP contribution in [0.25, 0.3) is 5.57 Å². The number of benzene rings is 1. The lowest BCUT2D eigenvalue weighted by molar-refractivity contribution is 0.168. The van der Waals surface area contributed by atoms with Gasteiger partial charge in [-0.1, -0.05) is 18.2 Å². The van der Waals surface area contributed by atoms with Crippen molar-refractivity contribution < 1.29 is 14.9 Å². The van der Waals surface area contributed by atoms with Crippen molar-refractivity contribution in [3.63, 3.8) is 0 Å². The highest BCUT2D eigenvalue weighted by atomic mass is 16.5. The Morgan fingerprint density at radius 2 is 2.12 bits per heavy atom. The number of rotatable bonds is 5. The van der Waals surface area contributed by atoms with E-state index in [0.29, 0.717) is 23.3 Å². The van der Waals surface area contributed by atoms with E-state index in [9.17, 15) is 10.2 Å². The summed E-state index contributed by atoms with van der Waals surface area (Å²) in [7, 11) is 3.24. The quantitative estimate of drug-likeness (QED) is 0.557. The number of aliphatic imine (C=N–C) groups is 1. The minimum absolute atomic E-state index is 0.0149. The van der Waals surface area contributed by atoms with Crippen molar-refractivity contribution in [1.29, 1.82) is 0 Å². The summed E-state index contributed by atoms with van der Waals surface area (Å²) in [5, 5.41) is 21.0. The number of methoxy groups -OCH3 is 1. The van der Waals surface area contributed by atoms with Gasteiger partial charge in [-0.2, -0.15) is 0 Å². The average Bonchev–Trinajstić information content (AvgIpc) is 2.60. The van der Waals surface area contributed by atoms with Crippen LogP contribution in [0.1, 0.15) is 37.3 Å². The van der Waals surface area contributed by atoms with Gasteiger partial charge in [0, 0.05) is 36.5 Å². The zero-order valence-electron chi connectivity index (χ0n) is 15.9. The molecule has 0 aromatic heterocycles. The number of hydrogen-bond acceptors (Lipinski definition) is 5. The molecule has 1 aromatic rings. The van der Waals surface area contributed by atoms with Crippen LogP contribution in [-0.4, -0.2) is 36.7 Å². The molecule has 0 bridgehead atoms. The molecule has 3 atom stereocenters. The maximum atomic E-state index is 10.8. The normalized spacial score (nSPS) is 23.8. The van der Waals surface area contributed by atoms with E-state index in [1.807, 2.05) is 26.0 Å². The summed E-state index contributed by atoms with van der Waals surface area (Å²) in [6, 6.07) is 3.51. The lowest BCUT2D eigenvalue weighted by Gasteiger charge is -2.34. The lowest BCUT2D eigenvalue weighted by Crippen LogP contribution is -2.26. The second-order valence-electron chi connectivity index (χ2n) is 6.76. The molecule has 1 aromatic carbocycles. The molecule has 26 heavy (non-hydrogen) atoms. The zero-order valence-corrected chi connectivity index (χ0v) is 15.9. The number of aromatic hydroxyl groups is 1. The second-order valence-corrected chi connectivity index (χ2v) is 6.76. The van der Waals surface area contributed by atoms with Crippen molar-refractivity contribution in [2.24, 2.45) is 16.6 Å². The molecule has 0 radical (unpaired) electrons. The molecular formula is C21H28N2O3. The number of hydrogen-bond donors (Lipinski definition) is 3. The largest absolute Gasteiger partial charge is 0.507 e. The van der Waals surface area contributed by atoms with Crippen molar-refractivity contribution in [2.45, 2.75) is 32.3 Å². The van der Waals surface area contributed by atoms with Crippen LogP contribution >= 0.6 is 0 Å². The van der Waals surface area contributed by atoms with Gasteiger partial charge in [-0.25, -0.2) is 0 Å². The molecule has 0 amide bonds. The first-order valence-corrected chi connectivity index (χ1v) is 8.61. The maximum Gasteiger partial charge on any atom is 0.126 e. The Morgan fingerprint density at radius 1 is 1.42 bits per heavy atom. The third kappa shape index (κ3) is 3.83. The van der Waals surface area contributed by atoms with Crippen molar-refractivity contribution in [3.8, 4) is 11.5 Å². The van der Waals surface area contributed by atoms with Gasteiger partial charge in [0.1, 0.15) is 11.5 Å². The van der Waals surface area contributed by atoms with Gasteiger partial charge in [0.25, 0.3) is 0 Å². The third-order valence-corrected chi connectivity index (χ3v) is 4.97. The number of phenols is 1. The number of phenolic OH excluding ortho intramolecular Hbond substituents is 1. The molecule has 2 rings (SSSR count). The van der Waals surface area contributed by atoms with Gasteiger partial charge in [0.05, 0.1) is 13.2 Å². The van der Waals surface area contributed by atoms with E-state index >= 15 is 0 Å². The van der Waals surface area contributed by atoms with Crippen molar-refractivity contribution >= 4 is 11.8 Å². The van der Waals surface area contributed by atoms with Gasteiger partial charge < -0.3 is 20.7 Å². The molecule has 140 valence electrons. The highest BCUT2D eigenvalue weighted by Gasteiger charge is 2.33. The van der Waals surface area contributed by atoms with Gasteiger partial charge in [-0.05, 0) is 49.5 Å². The molecule has 0 saturated heterocycles. The topological polar surface area (TPSA) is 88.1 Å². The minimum Gasteiger partial charge on any atom is -0.507 e. The number of allylic oxidation sites excluding steroid dienone is 3. The second kappa shape index (κ2) is 8.23. The van der Waals surface area contributed by atoms with E-state index in [1.165, 1.54) is 6.20 Å². The van der Waals surface area contributed by atoms with Gasteiger partial charge in [0.2, 0.25) is 0 Å². The predicted molar refractivity (Wildman–Crippen MR) is 107 cm³/mol. The molecule has 0 saturated carbocycles. The molecule has 0 unspecified atom stereocenters. The fourth-order valence-electron chi connectivity index (χ4n) is 3.51. The number of nitrogens with zero attached hydrogens (tertiary/aromatic N) is 1. The van der Waals surface area contributed by atoms with E-state index in [2.05, 4.69) is 11.6 Å². The number of ether oxygens (including phenoxy) is 1. The molecule has 4 N–H and O–H groups in total. The smallest absolute Gasteiger partial charge is 0.126 e. The van der Waals surface area contributed by atoms with E-state index < -0.39 is 6.10 Å². The third-order valence-electron chi connectivity index (χ3n) is 4.97. The van der Waals surface area contributed by atoms with Crippen LogP contribution in [0.15, 0.2) is 47.1 Å². The van der Waals surface area contributed by atoms with Gasteiger partial charge in [0.15, 0.2) is 0 Å². The first-order chi connectivity index (χ1) is 12.3. The van der Waals surface area contributed by atoms with Crippen LogP contribution in [0.5, 0.6) is 11.5 Å². The van der Waals surface area contributed by atoms with E-state index in [-0.39, 0.29) is 17.6 Å². The monoisotopic (exact) mass is 356 g/mol. The number of nitrogens with two attached hydrogens (primary N) is 1. The Morgan fingerprint density at radius 3 is 2.65 bits per heavy atom. The van der Waals surface area contributed by atoms with Crippen LogP contribution in [0, 0.1) is 5.92 Å². The van der Waals surface area contributed by atoms with Crippen LogP contribution in [0.4, 0.5) is 0 Å². The molecule has 5 nitrogen and oxygen atoms in total. The molecule has 1 aliphatic rings. The first kappa shape index (κ1) is 19.8. The summed E-state index contributed by atoms with van der Waals surface area (Å²) in [6.45, 7) is 7.92. The van der Waals surface area contributed by atoms with Gasteiger partial charge in [-0.3, -0.25) is 4.99 Å². The standard InChI is InChI=1S/C21H28N2O3/c1-12(2)16-9-18(24)13(3)6-17(16)21-19(25)7-14(8-20(21)26-5)15(10-22)11-23-4/h6-8,10-11,16-18,24-25H,1,9,22H2,2-5H3/b15-10+,23-11?/t16-,17+,18-/m0/s1. The summed E-state index contributed by atoms with van der Waals surface area (Å²) in [6.07, 6.45) is 5.15. The van der Waals surface area contributed by atoms with E-state index in [4.69, 9.17) is 10.5 Å². The van der Waals surface area contributed by atoms with E-state index in [0.717, 1.165) is 16.7 Å². The van der Waals surface area contributed by atoms with Gasteiger partial charge >= 0.3 is 0 Å². The summed E-state index contributed by atoms with van der Waals surface area (Å²) in [5.74, 6) is 0.589. The summed E-state index contributed by atoms with van der Waals surface area (Å²) < 4.78 is 5.59. The van der Waals surface area contributed by atoms with Crippen molar-refractivity contribution in [2.75, 3.05) is 14.2 Å². The first-order valence-electron chi connectivity index (χ1n) is 8.61. The maximum absolute atomic E-state index is 10.8. The summed E-state index contributed by atoms with van der Waals surface area (Å²) >= 11 is 0. The fraction of sp³-hybridized carbons (Fsp3) is 0.381. The SMILES string of the molecule is C=C(C)[C@@H]1C[C@H](O)C(C)=C[C@H]1c1c(O)cc(/C(C=NC)=C/N)cc1OC. The average molecular weight is 356 g/mol. The zero-order chi connectivity index (χ0) is 19.4. The molecule has 5 heteroatoms. The Balaban J connectivity index is 2.63. The van der Waals surface area contributed by atoms with Crippen LogP contribution < -0.4 is 10.5 Å². The molecular weight excluding hydrogens is 328 g/mol. The lowest BCUT2D eigenvalue weighted by atomic mass is 9.72. The number of aliphatic hydroxyl groups is 1. The minimum atomic E-state index is -0.493. The van der Waals surface area contributed by atoms with Crippen LogP contribution in [0.2, 0.25) is 0 Å². The Hall–Kier alpha value is -2.53. The van der Waals surface area contributed by atoms with Crippen LogP contribution in [0.3, 0.4) is 0 Å². The van der Waals surface area contributed by atoms with Crippen LogP contribution in [-0.2, 0) is 0 Å². The molecule has 0 heterocycles. The Bertz CT molecular complexity index is 778. The fourth-order valence-corrected chi connectivity index (χ4v) is 3.51. The highest BCUT2D eigenvalue weighted by Crippen LogP contribution is 2.47. The molecule has 1 aliphatic carbocycles. The van der Waals surface area contributed by atoms with E-state index in [1.54, 1.807) is 26.4 Å². The molecule has 0 fully saturated rings. The highest BCUT2D eigenvalue weighted by molar-refractivity contribution is 6.09. The van der Waals surface area contributed by atoms with Crippen molar-refractivity contribution in [1.82, 2.24) is 0 Å². The summed E-state index contributed by atoms with van der Waals surface area (Å²) in [5.41, 5.74) is 9.64. The predicted octanol–water partition coefficient (Wildman–Crippen LogP) is 3.39. The Labute approximate surface area is 155 Å². The Kier molecular flexibility index (Phi) is 6.27. The van der Waals surface area contributed by atoms with Gasteiger partial charge in [-0.15, -0.1) is 0 Å². The molecule has 0 aliphatic heterocycles. The molecule has 0 spiro atoms. The van der Waals surface area contributed by atoms with Crippen molar-refractivity contribution in [3.05, 3.63) is 53.3 Å².